The van der Waals surface area contributed by atoms with Crippen molar-refractivity contribution >= 4 is 5.91 Å². The van der Waals surface area contributed by atoms with Crippen LogP contribution < -0.4 is 11.1 Å². The van der Waals surface area contributed by atoms with Crippen LogP contribution in [0.25, 0.3) is 0 Å². The number of ether oxygens (including phenoxy) is 1. The highest BCUT2D eigenvalue weighted by molar-refractivity contribution is 5.82. The molecule has 94 valence electrons. The van der Waals surface area contributed by atoms with Gasteiger partial charge in [-0.25, -0.2) is 0 Å². The molecule has 1 aliphatic rings. The van der Waals surface area contributed by atoms with E-state index in [4.69, 9.17) is 14.9 Å². The SMILES string of the molecule is COCC(N)C(=O)NC1CCCc2occc21. The lowest BCUT2D eigenvalue weighted by Crippen LogP contribution is -2.45. The van der Waals surface area contributed by atoms with Crippen LogP contribution >= 0.6 is 0 Å². The van der Waals surface area contributed by atoms with Gasteiger partial charge in [-0.3, -0.25) is 4.79 Å². The van der Waals surface area contributed by atoms with Crippen LogP contribution in [0.1, 0.15) is 30.2 Å². The third-order valence-electron chi connectivity index (χ3n) is 3.05. The number of furan rings is 1. The normalized spacial score (nSPS) is 20.7. The molecule has 0 bridgehead atoms. The highest BCUT2D eigenvalue weighted by Crippen LogP contribution is 2.30. The summed E-state index contributed by atoms with van der Waals surface area (Å²) >= 11 is 0. The number of nitrogens with one attached hydrogen (secondary N) is 1. The van der Waals surface area contributed by atoms with Gasteiger partial charge in [0.15, 0.2) is 0 Å². The molecule has 0 saturated heterocycles. The molecular formula is C12H18N2O3. The molecule has 2 unspecified atom stereocenters. The molecule has 0 fully saturated rings. The van der Waals surface area contributed by atoms with Crippen molar-refractivity contribution in [1.29, 1.82) is 0 Å². The summed E-state index contributed by atoms with van der Waals surface area (Å²) in [7, 11) is 1.53. The summed E-state index contributed by atoms with van der Waals surface area (Å²) in [5.41, 5.74) is 6.76. The quantitative estimate of drug-likeness (QED) is 0.811. The highest BCUT2D eigenvalue weighted by Gasteiger charge is 2.25. The van der Waals surface area contributed by atoms with Gasteiger partial charge in [0.25, 0.3) is 0 Å². The van der Waals surface area contributed by atoms with Gasteiger partial charge in [-0.05, 0) is 18.9 Å². The average molecular weight is 238 g/mol. The van der Waals surface area contributed by atoms with Gasteiger partial charge in [-0.15, -0.1) is 0 Å². The summed E-state index contributed by atoms with van der Waals surface area (Å²) < 4.78 is 10.2. The molecule has 5 nitrogen and oxygen atoms in total. The molecule has 17 heavy (non-hydrogen) atoms. The Bertz CT molecular complexity index is 389. The predicted octanol–water partition coefficient (Wildman–Crippen LogP) is 0.747. The molecule has 2 rings (SSSR count). The van der Waals surface area contributed by atoms with Crippen LogP contribution in [-0.4, -0.2) is 25.7 Å². The van der Waals surface area contributed by atoms with Crippen molar-refractivity contribution in [2.45, 2.75) is 31.3 Å². The van der Waals surface area contributed by atoms with E-state index in [9.17, 15) is 4.79 Å². The minimum atomic E-state index is -0.614. The second-order valence-corrected chi connectivity index (χ2v) is 4.31. The fraction of sp³-hybridized carbons (Fsp3) is 0.583. The zero-order valence-corrected chi connectivity index (χ0v) is 9.94. The maximum Gasteiger partial charge on any atom is 0.239 e. The molecule has 1 amide bonds. The van der Waals surface area contributed by atoms with Crippen molar-refractivity contribution in [2.24, 2.45) is 5.73 Å². The van der Waals surface area contributed by atoms with Crippen molar-refractivity contribution in [1.82, 2.24) is 5.32 Å². The number of rotatable bonds is 4. The molecule has 1 heterocycles. The van der Waals surface area contributed by atoms with Crippen LogP contribution in [0.15, 0.2) is 16.7 Å². The maximum absolute atomic E-state index is 11.8. The van der Waals surface area contributed by atoms with Crippen LogP contribution in [0, 0.1) is 0 Å². The molecule has 0 radical (unpaired) electrons. The molecule has 0 aliphatic heterocycles. The van der Waals surface area contributed by atoms with Gasteiger partial charge in [0.2, 0.25) is 5.91 Å². The lowest BCUT2D eigenvalue weighted by molar-refractivity contribution is -0.124. The van der Waals surface area contributed by atoms with Crippen LogP contribution in [0.2, 0.25) is 0 Å². The standard InChI is InChI=1S/C12H18N2O3/c1-16-7-9(13)12(15)14-10-3-2-4-11-8(10)5-6-17-11/h5-6,9-10H,2-4,7,13H2,1H3,(H,14,15). The van der Waals surface area contributed by atoms with Crippen molar-refractivity contribution < 1.29 is 13.9 Å². The Hall–Kier alpha value is -1.33. The number of hydrogen-bond acceptors (Lipinski definition) is 4. The van der Waals surface area contributed by atoms with E-state index in [0.29, 0.717) is 0 Å². The van der Waals surface area contributed by atoms with E-state index in [1.807, 2.05) is 6.07 Å². The number of carbonyl (C=O) groups is 1. The topological polar surface area (TPSA) is 77.5 Å². The first-order valence-electron chi connectivity index (χ1n) is 5.83. The molecular weight excluding hydrogens is 220 g/mol. The largest absolute Gasteiger partial charge is 0.469 e. The lowest BCUT2D eigenvalue weighted by atomic mass is 9.93. The Morgan fingerprint density at radius 3 is 3.35 bits per heavy atom. The molecule has 0 spiro atoms. The summed E-state index contributed by atoms with van der Waals surface area (Å²) in [6, 6.07) is 1.33. The lowest BCUT2D eigenvalue weighted by Gasteiger charge is -2.24. The Morgan fingerprint density at radius 1 is 1.76 bits per heavy atom. The van der Waals surface area contributed by atoms with E-state index in [-0.39, 0.29) is 18.6 Å². The van der Waals surface area contributed by atoms with Crippen LogP contribution in [0.3, 0.4) is 0 Å². The summed E-state index contributed by atoms with van der Waals surface area (Å²) in [5.74, 6) is 0.799. The number of aryl methyl sites for hydroxylation is 1. The number of amides is 1. The Labute approximate surface area is 100 Å². The summed E-state index contributed by atoms with van der Waals surface area (Å²) in [6.45, 7) is 0.233. The Kier molecular flexibility index (Phi) is 3.81. The van der Waals surface area contributed by atoms with Crippen molar-refractivity contribution in [3.63, 3.8) is 0 Å². The third-order valence-corrected chi connectivity index (χ3v) is 3.05. The smallest absolute Gasteiger partial charge is 0.239 e. The summed E-state index contributed by atoms with van der Waals surface area (Å²) in [5, 5.41) is 2.94. The molecule has 0 aromatic carbocycles. The fourth-order valence-corrected chi connectivity index (χ4v) is 2.17. The van der Waals surface area contributed by atoms with Crippen molar-refractivity contribution in [2.75, 3.05) is 13.7 Å². The van der Waals surface area contributed by atoms with E-state index in [1.54, 1.807) is 6.26 Å². The van der Waals surface area contributed by atoms with Crippen LogP contribution in [0.4, 0.5) is 0 Å². The number of carbonyl (C=O) groups excluding carboxylic acids is 1. The van der Waals surface area contributed by atoms with Gasteiger partial charge in [-0.1, -0.05) is 0 Å². The van der Waals surface area contributed by atoms with E-state index in [2.05, 4.69) is 5.32 Å². The molecule has 2 atom stereocenters. The third kappa shape index (κ3) is 2.68. The first-order valence-corrected chi connectivity index (χ1v) is 5.83. The number of fused-ring (bicyclic) bond motifs is 1. The van der Waals surface area contributed by atoms with Crippen molar-refractivity contribution in [3.8, 4) is 0 Å². The number of methoxy groups -OCH3 is 1. The molecule has 0 saturated carbocycles. The van der Waals surface area contributed by atoms with Gasteiger partial charge in [0.05, 0.1) is 18.9 Å². The minimum Gasteiger partial charge on any atom is -0.469 e. The minimum absolute atomic E-state index is 0.0212. The average Bonchev–Trinajstić information content (AvgIpc) is 2.78. The molecule has 5 heteroatoms. The van der Waals surface area contributed by atoms with Gasteiger partial charge in [0.1, 0.15) is 11.8 Å². The Morgan fingerprint density at radius 2 is 2.59 bits per heavy atom. The van der Waals surface area contributed by atoms with Gasteiger partial charge in [0, 0.05) is 19.1 Å². The molecule has 1 aliphatic carbocycles. The zero-order valence-electron chi connectivity index (χ0n) is 9.94. The fourth-order valence-electron chi connectivity index (χ4n) is 2.17. The first-order chi connectivity index (χ1) is 8.22. The van der Waals surface area contributed by atoms with Gasteiger partial charge in [-0.2, -0.15) is 0 Å². The van der Waals surface area contributed by atoms with Gasteiger partial charge < -0.3 is 20.2 Å². The van der Waals surface area contributed by atoms with E-state index in [1.165, 1.54) is 7.11 Å². The second kappa shape index (κ2) is 5.33. The second-order valence-electron chi connectivity index (χ2n) is 4.31. The molecule has 1 aromatic rings. The number of hydrogen-bond donors (Lipinski definition) is 2. The van der Waals surface area contributed by atoms with Gasteiger partial charge >= 0.3 is 0 Å². The highest BCUT2D eigenvalue weighted by atomic mass is 16.5. The van der Waals surface area contributed by atoms with Crippen LogP contribution in [0.5, 0.6) is 0 Å². The van der Waals surface area contributed by atoms with E-state index < -0.39 is 6.04 Å². The number of nitrogens with two attached hydrogens (primary N) is 1. The van der Waals surface area contributed by atoms with E-state index >= 15 is 0 Å². The van der Waals surface area contributed by atoms with Crippen molar-refractivity contribution in [3.05, 3.63) is 23.7 Å². The monoisotopic (exact) mass is 238 g/mol. The predicted molar refractivity (Wildman–Crippen MR) is 62.4 cm³/mol. The summed E-state index contributed by atoms with van der Waals surface area (Å²) in [6.07, 6.45) is 4.56. The molecule has 3 N–H and O–H groups in total. The summed E-state index contributed by atoms with van der Waals surface area (Å²) in [4.78, 5) is 11.8. The van der Waals surface area contributed by atoms with Crippen LogP contribution in [-0.2, 0) is 16.0 Å². The zero-order chi connectivity index (χ0) is 12.3. The Balaban J connectivity index is 1.99. The molecule has 1 aromatic heterocycles. The van der Waals surface area contributed by atoms with E-state index in [0.717, 1.165) is 30.6 Å². The maximum atomic E-state index is 11.8. The first kappa shape index (κ1) is 12.1.